The Morgan fingerprint density at radius 1 is 1.04 bits per heavy atom. The van der Waals surface area contributed by atoms with Gasteiger partial charge in [-0.1, -0.05) is 24.3 Å². The number of carboxylic acid groups (broad SMARTS) is 1. The quantitative estimate of drug-likeness (QED) is 0.592. The molecule has 0 saturated carbocycles. The van der Waals surface area contributed by atoms with E-state index in [4.69, 9.17) is 14.2 Å². The summed E-state index contributed by atoms with van der Waals surface area (Å²) < 4.78 is 15.0. The standard InChI is InChI=1S/C18H18O6/c1-22-11-24-17(18(20)21)15-6-4-3-5-14(15)16(19)12-7-9-13(23-2)10-8-12/h3-10,17H,11H2,1-2H3,(H,20,21). The Morgan fingerprint density at radius 3 is 2.29 bits per heavy atom. The van der Waals surface area contributed by atoms with Gasteiger partial charge in [0.05, 0.1) is 7.11 Å². The third-order valence-electron chi connectivity index (χ3n) is 3.42. The van der Waals surface area contributed by atoms with E-state index in [0.29, 0.717) is 11.3 Å². The van der Waals surface area contributed by atoms with E-state index in [2.05, 4.69) is 0 Å². The molecule has 0 fully saturated rings. The Kier molecular flexibility index (Phi) is 6.06. The first-order valence-corrected chi connectivity index (χ1v) is 7.19. The first-order chi connectivity index (χ1) is 11.6. The van der Waals surface area contributed by atoms with Gasteiger partial charge in [0.25, 0.3) is 0 Å². The second kappa shape index (κ2) is 8.24. The largest absolute Gasteiger partial charge is 0.497 e. The van der Waals surface area contributed by atoms with Crippen LogP contribution in [0.15, 0.2) is 48.5 Å². The number of rotatable bonds is 8. The van der Waals surface area contributed by atoms with Crippen LogP contribution in [0.25, 0.3) is 0 Å². The summed E-state index contributed by atoms with van der Waals surface area (Å²) in [6, 6.07) is 13.1. The monoisotopic (exact) mass is 330 g/mol. The predicted octanol–water partition coefficient (Wildman–Crippen LogP) is 2.67. The Labute approximate surface area is 139 Å². The average Bonchev–Trinajstić information content (AvgIpc) is 2.61. The lowest BCUT2D eigenvalue weighted by Crippen LogP contribution is -2.20. The number of carboxylic acids is 1. The highest BCUT2D eigenvalue weighted by Gasteiger charge is 2.26. The lowest BCUT2D eigenvalue weighted by molar-refractivity contribution is -0.159. The molecular formula is C18H18O6. The Morgan fingerprint density at radius 2 is 1.71 bits per heavy atom. The number of aliphatic carboxylic acids is 1. The van der Waals surface area contributed by atoms with Crippen molar-refractivity contribution in [2.45, 2.75) is 6.10 Å². The SMILES string of the molecule is COCOC(C(=O)O)c1ccccc1C(=O)c1ccc(OC)cc1. The fourth-order valence-corrected chi connectivity index (χ4v) is 2.26. The molecule has 24 heavy (non-hydrogen) atoms. The summed E-state index contributed by atoms with van der Waals surface area (Å²) in [5, 5.41) is 9.39. The molecule has 0 amide bonds. The number of ether oxygens (including phenoxy) is 3. The van der Waals surface area contributed by atoms with Crippen LogP contribution in [-0.2, 0) is 14.3 Å². The molecule has 0 bridgehead atoms. The molecule has 0 spiro atoms. The van der Waals surface area contributed by atoms with E-state index in [1.165, 1.54) is 14.2 Å². The van der Waals surface area contributed by atoms with Gasteiger partial charge >= 0.3 is 5.97 Å². The highest BCUT2D eigenvalue weighted by Crippen LogP contribution is 2.25. The van der Waals surface area contributed by atoms with Gasteiger partial charge in [-0.3, -0.25) is 4.79 Å². The van der Waals surface area contributed by atoms with Gasteiger partial charge in [-0.15, -0.1) is 0 Å². The molecule has 0 aliphatic heterocycles. The van der Waals surface area contributed by atoms with Gasteiger partial charge in [0, 0.05) is 23.8 Å². The van der Waals surface area contributed by atoms with Gasteiger partial charge < -0.3 is 19.3 Å². The van der Waals surface area contributed by atoms with Gasteiger partial charge in [-0.05, 0) is 24.3 Å². The van der Waals surface area contributed by atoms with Crippen molar-refractivity contribution in [3.8, 4) is 5.75 Å². The maximum Gasteiger partial charge on any atom is 0.337 e. The molecule has 2 rings (SSSR count). The molecule has 6 nitrogen and oxygen atoms in total. The molecule has 2 aromatic carbocycles. The highest BCUT2D eigenvalue weighted by molar-refractivity contribution is 6.10. The van der Waals surface area contributed by atoms with Gasteiger partial charge in [0.1, 0.15) is 12.5 Å². The maximum atomic E-state index is 12.7. The number of hydrogen-bond acceptors (Lipinski definition) is 5. The molecule has 2 aromatic rings. The molecule has 0 aliphatic carbocycles. The van der Waals surface area contributed by atoms with Gasteiger partial charge in [0.2, 0.25) is 0 Å². The van der Waals surface area contributed by atoms with Crippen molar-refractivity contribution in [2.24, 2.45) is 0 Å². The van der Waals surface area contributed by atoms with E-state index < -0.39 is 12.1 Å². The lowest BCUT2D eigenvalue weighted by atomic mass is 9.95. The molecular weight excluding hydrogens is 312 g/mol. The molecule has 1 atom stereocenters. The van der Waals surface area contributed by atoms with Crippen LogP contribution in [0.3, 0.4) is 0 Å². The molecule has 6 heteroatoms. The predicted molar refractivity (Wildman–Crippen MR) is 86.2 cm³/mol. The summed E-state index contributed by atoms with van der Waals surface area (Å²) in [4.78, 5) is 24.2. The van der Waals surface area contributed by atoms with E-state index in [-0.39, 0.29) is 23.7 Å². The molecule has 0 heterocycles. The third-order valence-corrected chi connectivity index (χ3v) is 3.42. The van der Waals surface area contributed by atoms with Gasteiger partial charge in [-0.2, -0.15) is 0 Å². The molecule has 1 N–H and O–H groups in total. The van der Waals surface area contributed by atoms with Crippen LogP contribution in [-0.4, -0.2) is 37.9 Å². The van der Waals surface area contributed by atoms with Crippen molar-refractivity contribution in [1.29, 1.82) is 0 Å². The minimum absolute atomic E-state index is 0.192. The Bertz CT molecular complexity index is 708. The molecule has 126 valence electrons. The average molecular weight is 330 g/mol. The fraction of sp³-hybridized carbons (Fsp3) is 0.222. The lowest BCUT2D eigenvalue weighted by Gasteiger charge is -2.16. The van der Waals surface area contributed by atoms with Crippen LogP contribution in [0.1, 0.15) is 27.6 Å². The number of methoxy groups -OCH3 is 2. The Hall–Kier alpha value is -2.70. The zero-order chi connectivity index (χ0) is 17.5. The zero-order valence-corrected chi connectivity index (χ0v) is 13.4. The molecule has 0 radical (unpaired) electrons. The number of hydrogen-bond donors (Lipinski definition) is 1. The van der Waals surface area contributed by atoms with E-state index in [9.17, 15) is 14.7 Å². The van der Waals surface area contributed by atoms with Crippen molar-refractivity contribution in [3.63, 3.8) is 0 Å². The molecule has 0 saturated heterocycles. The Balaban J connectivity index is 2.39. The van der Waals surface area contributed by atoms with Crippen molar-refractivity contribution >= 4 is 11.8 Å². The number of carbonyl (C=O) groups excluding carboxylic acids is 1. The van der Waals surface area contributed by atoms with Crippen LogP contribution in [0, 0.1) is 0 Å². The third kappa shape index (κ3) is 3.98. The first kappa shape index (κ1) is 17.7. The minimum atomic E-state index is -1.29. The van der Waals surface area contributed by atoms with Gasteiger partial charge in [-0.25, -0.2) is 4.79 Å². The number of carbonyl (C=O) groups is 2. The second-order valence-electron chi connectivity index (χ2n) is 4.94. The van der Waals surface area contributed by atoms with E-state index in [1.807, 2.05) is 0 Å². The van der Waals surface area contributed by atoms with Crippen LogP contribution < -0.4 is 4.74 Å². The van der Waals surface area contributed by atoms with Gasteiger partial charge in [0.15, 0.2) is 11.9 Å². The fourth-order valence-electron chi connectivity index (χ4n) is 2.26. The second-order valence-corrected chi connectivity index (χ2v) is 4.94. The summed E-state index contributed by atoms with van der Waals surface area (Å²) in [5.41, 5.74) is 0.980. The number of benzene rings is 2. The first-order valence-electron chi connectivity index (χ1n) is 7.19. The summed E-state index contributed by atoms with van der Waals surface area (Å²) in [5.74, 6) is -0.853. The maximum absolute atomic E-state index is 12.7. The van der Waals surface area contributed by atoms with Crippen molar-refractivity contribution in [3.05, 3.63) is 65.2 Å². The van der Waals surface area contributed by atoms with Crippen LogP contribution in [0.2, 0.25) is 0 Å². The van der Waals surface area contributed by atoms with Crippen molar-refractivity contribution in [1.82, 2.24) is 0 Å². The van der Waals surface area contributed by atoms with Crippen LogP contribution in [0.4, 0.5) is 0 Å². The van der Waals surface area contributed by atoms with Crippen molar-refractivity contribution in [2.75, 3.05) is 21.0 Å². The van der Waals surface area contributed by atoms with E-state index in [1.54, 1.807) is 48.5 Å². The summed E-state index contributed by atoms with van der Waals surface area (Å²) in [6.07, 6.45) is -1.29. The molecule has 0 aromatic heterocycles. The van der Waals surface area contributed by atoms with Crippen LogP contribution in [0.5, 0.6) is 5.75 Å². The van der Waals surface area contributed by atoms with Crippen molar-refractivity contribution < 1.29 is 28.9 Å². The topological polar surface area (TPSA) is 82.1 Å². The zero-order valence-electron chi connectivity index (χ0n) is 13.4. The smallest absolute Gasteiger partial charge is 0.337 e. The minimum Gasteiger partial charge on any atom is -0.497 e. The molecule has 0 aliphatic rings. The van der Waals surface area contributed by atoms with E-state index >= 15 is 0 Å². The normalized spacial score (nSPS) is 11.8. The van der Waals surface area contributed by atoms with E-state index in [0.717, 1.165) is 0 Å². The van der Waals surface area contributed by atoms with Crippen LogP contribution >= 0.6 is 0 Å². The number of ketones is 1. The summed E-state index contributed by atoms with van der Waals surface area (Å²) in [6.45, 7) is -0.192. The summed E-state index contributed by atoms with van der Waals surface area (Å²) in [7, 11) is 2.93. The molecule has 1 unspecified atom stereocenters. The highest BCUT2D eigenvalue weighted by atomic mass is 16.7. The summed E-state index contributed by atoms with van der Waals surface area (Å²) >= 11 is 0.